The summed E-state index contributed by atoms with van der Waals surface area (Å²) in [6.45, 7) is 2.55. The SMILES string of the molecule is CC(C)NC(=O)c1cc(Cl)cc(Br)c1NC(=O)c1cc(N2CC(F)(F)C2)nn1-c1ncccc1Cl. The van der Waals surface area contributed by atoms with Crippen molar-refractivity contribution in [3.63, 3.8) is 0 Å². The third-order valence-corrected chi connectivity index (χ3v) is 6.13. The molecule has 1 fully saturated rings. The van der Waals surface area contributed by atoms with Crippen LogP contribution in [0.4, 0.5) is 20.3 Å². The van der Waals surface area contributed by atoms with E-state index in [4.69, 9.17) is 23.2 Å². The van der Waals surface area contributed by atoms with E-state index >= 15 is 0 Å². The molecule has 1 aliphatic heterocycles. The Morgan fingerprint density at radius 1 is 1.17 bits per heavy atom. The monoisotopic (exact) mass is 586 g/mol. The van der Waals surface area contributed by atoms with Gasteiger partial charge in [0.25, 0.3) is 17.7 Å². The highest BCUT2D eigenvalue weighted by atomic mass is 79.9. The van der Waals surface area contributed by atoms with E-state index in [-0.39, 0.29) is 44.7 Å². The Kier molecular flexibility index (Phi) is 7.03. The van der Waals surface area contributed by atoms with E-state index in [9.17, 15) is 18.4 Å². The number of amides is 2. The third-order valence-electron chi connectivity index (χ3n) is 5.00. The number of benzene rings is 1. The van der Waals surface area contributed by atoms with Crippen LogP contribution in [0, 0.1) is 0 Å². The topological polar surface area (TPSA) is 92.2 Å². The van der Waals surface area contributed by atoms with Gasteiger partial charge in [0.1, 0.15) is 5.69 Å². The Bertz CT molecular complexity index is 1310. The average molecular weight is 588 g/mol. The van der Waals surface area contributed by atoms with Gasteiger partial charge in [0, 0.05) is 27.8 Å². The van der Waals surface area contributed by atoms with E-state index in [1.807, 2.05) is 0 Å². The van der Waals surface area contributed by atoms with Crippen LogP contribution >= 0.6 is 39.1 Å². The van der Waals surface area contributed by atoms with Crippen LogP contribution in [0.15, 0.2) is 41.0 Å². The molecule has 0 radical (unpaired) electrons. The molecule has 0 bridgehead atoms. The molecule has 2 amide bonds. The van der Waals surface area contributed by atoms with E-state index in [0.717, 1.165) is 0 Å². The van der Waals surface area contributed by atoms with E-state index in [0.29, 0.717) is 4.47 Å². The molecule has 0 atom stereocenters. The predicted molar refractivity (Wildman–Crippen MR) is 133 cm³/mol. The normalized spacial score (nSPS) is 14.6. The second-order valence-electron chi connectivity index (χ2n) is 8.21. The van der Waals surface area contributed by atoms with Crippen molar-refractivity contribution < 1.29 is 18.4 Å². The number of carbonyl (C=O) groups is 2. The minimum Gasteiger partial charge on any atom is -0.350 e. The molecule has 0 saturated carbocycles. The van der Waals surface area contributed by atoms with Crippen LogP contribution in [0.1, 0.15) is 34.7 Å². The smallest absolute Gasteiger partial charge is 0.282 e. The summed E-state index contributed by atoms with van der Waals surface area (Å²) in [4.78, 5) is 31.7. The predicted octanol–water partition coefficient (Wildman–Crippen LogP) is 5.18. The van der Waals surface area contributed by atoms with Gasteiger partial charge in [-0.05, 0) is 54.0 Å². The van der Waals surface area contributed by atoms with Crippen molar-refractivity contribution in [2.24, 2.45) is 0 Å². The van der Waals surface area contributed by atoms with Crippen molar-refractivity contribution in [3.05, 3.63) is 62.3 Å². The van der Waals surface area contributed by atoms with Crippen LogP contribution in [-0.2, 0) is 0 Å². The summed E-state index contributed by atoms with van der Waals surface area (Å²) in [7, 11) is 0. The zero-order valence-electron chi connectivity index (χ0n) is 18.5. The molecule has 3 heterocycles. The maximum absolute atomic E-state index is 13.5. The van der Waals surface area contributed by atoms with Crippen LogP contribution < -0.4 is 15.5 Å². The van der Waals surface area contributed by atoms with Gasteiger partial charge in [-0.2, -0.15) is 0 Å². The fraction of sp³-hybridized carbons (Fsp3) is 0.273. The summed E-state index contributed by atoms with van der Waals surface area (Å²) in [5.74, 6) is -3.63. The second-order valence-corrected chi connectivity index (χ2v) is 9.91. The number of alkyl halides is 2. The molecule has 1 aliphatic rings. The molecule has 4 rings (SSSR count). The van der Waals surface area contributed by atoms with Gasteiger partial charge in [-0.15, -0.1) is 5.10 Å². The molecular weight excluding hydrogens is 569 g/mol. The standard InChI is InChI=1S/C22H19BrCl2F2N6O2/c1-11(2)29-20(34)13-6-12(24)7-14(23)18(13)30-21(35)16-8-17(32-9-22(26,27)10-32)31-33(16)19-15(25)4-3-5-28-19/h3-8,11H,9-10H2,1-2H3,(H,29,34)(H,30,35). The second kappa shape index (κ2) is 9.71. The summed E-state index contributed by atoms with van der Waals surface area (Å²) in [6, 6.07) is 7.34. The maximum Gasteiger partial charge on any atom is 0.282 e. The first-order chi connectivity index (χ1) is 16.4. The minimum absolute atomic E-state index is 0.0205. The fourth-order valence-corrected chi connectivity index (χ4v) is 4.56. The van der Waals surface area contributed by atoms with Crippen molar-refractivity contribution in [3.8, 4) is 5.82 Å². The number of rotatable bonds is 6. The van der Waals surface area contributed by atoms with Crippen molar-refractivity contribution in [1.82, 2.24) is 20.1 Å². The van der Waals surface area contributed by atoms with Crippen molar-refractivity contribution in [2.45, 2.75) is 25.8 Å². The van der Waals surface area contributed by atoms with Gasteiger partial charge in [0.15, 0.2) is 11.6 Å². The van der Waals surface area contributed by atoms with E-state index in [2.05, 4.69) is 36.6 Å². The van der Waals surface area contributed by atoms with E-state index in [1.165, 1.54) is 34.0 Å². The number of carbonyl (C=O) groups excluding carboxylic acids is 2. The molecular formula is C22H19BrCl2F2N6O2. The molecule has 184 valence electrons. The lowest BCUT2D eigenvalue weighted by Gasteiger charge is -2.38. The Morgan fingerprint density at radius 2 is 1.89 bits per heavy atom. The molecule has 3 aromatic rings. The average Bonchev–Trinajstić information content (AvgIpc) is 3.18. The summed E-state index contributed by atoms with van der Waals surface area (Å²) >= 11 is 15.8. The van der Waals surface area contributed by atoms with Gasteiger partial charge in [-0.3, -0.25) is 9.59 Å². The highest BCUT2D eigenvalue weighted by Gasteiger charge is 2.45. The number of aromatic nitrogens is 3. The van der Waals surface area contributed by atoms with Crippen molar-refractivity contribution >= 4 is 62.5 Å². The van der Waals surface area contributed by atoms with Gasteiger partial charge < -0.3 is 15.5 Å². The minimum atomic E-state index is -2.83. The van der Waals surface area contributed by atoms with E-state index < -0.39 is 30.8 Å². The quantitative estimate of drug-likeness (QED) is 0.414. The van der Waals surface area contributed by atoms with Crippen molar-refractivity contribution in [1.29, 1.82) is 0 Å². The van der Waals surface area contributed by atoms with Crippen molar-refractivity contribution in [2.75, 3.05) is 23.3 Å². The van der Waals surface area contributed by atoms with Crippen LogP contribution in [0.2, 0.25) is 10.0 Å². The van der Waals surface area contributed by atoms with Gasteiger partial charge in [0.05, 0.1) is 29.4 Å². The Balaban J connectivity index is 1.74. The Hall–Kier alpha value is -2.76. The lowest BCUT2D eigenvalue weighted by Crippen LogP contribution is -2.56. The van der Waals surface area contributed by atoms with Gasteiger partial charge in [-0.25, -0.2) is 18.4 Å². The number of hydrogen-bond acceptors (Lipinski definition) is 5. The third kappa shape index (κ3) is 5.41. The Labute approximate surface area is 217 Å². The van der Waals surface area contributed by atoms with Gasteiger partial charge in [0.2, 0.25) is 0 Å². The molecule has 2 N–H and O–H groups in total. The summed E-state index contributed by atoms with van der Waals surface area (Å²) < 4.78 is 28.5. The molecule has 35 heavy (non-hydrogen) atoms. The molecule has 1 aromatic carbocycles. The first-order valence-corrected chi connectivity index (χ1v) is 11.9. The first-order valence-electron chi connectivity index (χ1n) is 10.4. The highest BCUT2D eigenvalue weighted by Crippen LogP contribution is 2.34. The van der Waals surface area contributed by atoms with Gasteiger partial charge in [-0.1, -0.05) is 23.2 Å². The molecule has 13 heteroatoms. The number of halogens is 5. The zero-order valence-corrected chi connectivity index (χ0v) is 21.5. The molecule has 0 aliphatic carbocycles. The number of nitrogens with zero attached hydrogens (tertiary/aromatic N) is 4. The summed E-state index contributed by atoms with van der Waals surface area (Å²) in [5.41, 5.74) is 0.290. The molecule has 2 aromatic heterocycles. The number of anilines is 2. The maximum atomic E-state index is 13.5. The summed E-state index contributed by atoms with van der Waals surface area (Å²) in [6.07, 6.45) is 1.46. The van der Waals surface area contributed by atoms with Crippen LogP contribution in [0.5, 0.6) is 0 Å². The lowest BCUT2D eigenvalue weighted by molar-refractivity contribution is -0.0267. The van der Waals surface area contributed by atoms with Crippen LogP contribution in [0.25, 0.3) is 5.82 Å². The number of pyridine rings is 1. The van der Waals surface area contributed by atoms with Gasteiger partial charge >= 0.3 is 0 Å². The van der Waals surface area contributed by atoms with Crippen LogP contribution in [0.3, 0.4) is 0 Å². The highest BCUT2D eigenvalue weighted by molar-refractivity contribution is 9.10. The molecule has 8 nitrogen and oxygen atoms in total. The zero-order chi connectivity index (χ0) is 25.5. The van der Waals surface area contributed by atoms with Crippen LogP contribution in [-0.4, -0.2) is 51.6 Å². The fourth-order valence-electron chi connectivity index (χ4n) is 3.45. The number of hydrogen-bond donors (Lipinski definition) is 2. The first kappa shape index (κ1) is 25.3. The Morgan fingerprint density at radius 3 is 2.51 bits per heavy atom. The molecule has 0 spiro atoms. The summed E-state index contributed by atoms with van der Waals surface area (Å²) in [5, 5.41) is 10.3. The molecule has 1 saturated heterocycles. The number of nitrogens with one attached hydrogen (secondary N) is 2. The largest absolute Gasteiger partial charge is 0.350 e. The van der Waals surface area contributed by atoms with E-state index in [1.54, 1.807) is 26.0 Å². The lowest BCUT2D eigenvalue weighted by atomic mass is 10.1. The molecule has 0 unspecified atom stereocenters.